The molecule has 1 fully saturated rings. The Morgan fingerprint density at radius 2 is 1.56 bits per heavy atom. The smallest absolute Gasteiger partial charge is 1.00 e. The van der Waals surface area contributed by atoms with Gasteiger partial charge in [-0.25, -0.2) is 0 Å². The molecule has 1 aliphatic rings. The van der Waals surface area contributed by atoms with Gasteiger partial charge in [-0.1, -0.05) is 32.6 Å². The van der Waals surface area contributed by atoms with Gasteiger partial charge < -0.3 is 22.1 Å². The summed E-state index contributed by atoms with van der Waals surface area (Å²) in [6.07, 6.45) is 4.10. The fourth-order valence-electron chi connectivity index (χ4n) is 1.12. The molecule has 0 unspecified atom stereocenters. The maximum atomic E-state index is 10.9. The second-order valence-electron chi connectivity index (χ2n) is 2.66. The van der Waals surface area contributed by atoms with Crippen molar-refractivity contribution in [3.05, 3.63) is 0 Å². The summed E-state index contributed by atoms with van der Waals surface area (Å²) in [5.41, 5.74) is -0.556. The summed E-state index contributed by atoms with van der Waals surface area (Å²) in [4.78, 5) is 0. The van der Waals surface area contributed by atoms with Crippen molar-refractivity contribution in [2.24, 2.45) is 0 Å². The molecule has 1 rings (SSSR count). The number of hydrogen-bond acceptors (Lipinski definition) is 1. The first-order valence-electron chi connectivity index (χ1n) is 2.91. The average Bonchev–Trinajstić information content (AvgIpc) is 1.84. The summed E-state index contributed by atoms with van der Waals surface area (Å²) in [7, 11) is 0. The molecule has 50 valence electrons. The van der Waals surface area contributed by atoms with E-state index >= 15 is 0 Å². The molecule has 0 saturated heterocycles. The predicted molar refractivity (Wildman–Crippen MR) is 32.6 cm³/mol. The second kappa shape index (κ2) is 4.94. The van der Waals surface area contributed by atoms with Crippen LogP contribution in [0.5, 0.6) is 0 Å². The Kier molecular flexibility index (Phi) is 7.05. The summed E-state index contributed by atoms with van der Waals surface area (Å²) in [5.74, 6) is 0. The fraction of sp³-hybridized carbons (Fsp3) is 1.00. The van der Waals surface area contributed by atoms with E-state index in [1.807, 2.05) is 0 Å². The van der Waals surface area contributed by atoms with Crippen LogP contribution in [0, 0.1) is 0 Å². The maximum Gasteiger partial charge on any atom is 2.00 e. The Balaban J connectivity index is 0. The van der Waals surface area contributed by atoms with Crippen LogP contribution in [-0.4, -0.2) is 28.7 Å². The molecular weight excluding hydrogens is 192 g/mol. The van der Waals surface area contributed by atoms with Gasteiger partial charge in [-0.15, -0.1) is 5.60 Å². The third-order valence-corrected chi connectivity index (χ3v) is 1.66. The molecule has 1 nitrogen and oxygen atoms in total. The Morgan fingerprint density at radius 1 is 1.22 bits per heavy atom. The molecule has 0 N–H and O–H groups in total. The van der Waals surface area contributed by atoms with Crippen molar-refractivity contribution in [2.75, 3.05) is 0 Å². The van der Waals surface area contributed by atoms with Crippen LogP contribution >= 0.6 is 0 Å². The van der Waals surface area contributed by atoms with Crippen molar-refractivity contribution < 1.29 is 22.1 Å². The molecule has 0 atom stereocenters. The van der Waals surface area contributed by atoms with E-state index in [1.54, 1.807) is 6.92 Å². The molecule has 0 aromatic carbocycles. The van der Waals surface area contributed by atoms with Crippen molar-refractivity contribution in [1.29, 1.82) is 0 Å². The number of halogens is 1. The first-order chi connectivity index (χ1) is 3.21. The summed E-state index contributed by atoms with van der Waals surface area (Å²) in [6.45, 7) is 1.81. The van der Waals surface area contributed by atoms with Crippen LogP contribution in [-0.2, 0) is 0 Å². The average molecular weight is 203 g/mol. The van der Waals surface area contributed by atoms with Crippen LogP contribution in [0.15, 0.2) is 0 Å². The molecule has 0 aliphatic heterocycles. The molecule has 0 aromatic rings. The summed E-state index contributed by atoms with van der Waals surface area (Å²) in [6, 6.07) is 0. The van der Waals surface area contributed by atoms with Crippen molar-refractivity contribution in [2.45, 2.75) is 38.2 Å². The zero-order valence-corrected chi connectivity index (χ0v) is 8.82. The molecule has 9 heavy (non-hydrogen) atoms. The van der Waals surface area contributed by atoms with E-state index in [0.717, 1.165) is 25.7 Å². The van der Waals surface area contributed by atoms with Crippen LogP contribution < -0.4 is 22.1 Å². The van der Waals surface area contributed by atoms with Crippen LogP contribution in [0.4, 0.5) is 0 Å². The predicted octanol–water partition coefficient (Wildman–Crippen LogP) is -2.70. The molecule has 0 aromatic heterocycles. The molecule has 3 heteroatoms. The van der Waals surface area contributed by atoms with Gasteiger partial charge in [0.1, 0.15) is 0 Å². The third-order valence-electron chi connectivity index (χ3n) is 1.66. The maximum absolute atomic E-state index is 10.9. The van der Waals surface area contributed by atoms with E-state index in [-0.39, 0.29) is 40.0 Å². The topological polar surface area (TPSA) is 23.1 Å². The summed E-state index contributed by atoms with van der Waals surface area (Å²) in [5, 5.41) is 10.9. The normalized spacial score (nSPS) is 22.0. The van der Waals surface area contributed by atoms with Crippen LogP contribution in [0.1, 0.15) is 32.6 Å². The Hall–Kier alpha value is 1.21. The van der Waals surface area contributed by atoms with E-state index in [1.165, 1.54) is 0 Å². The third kappa shape index (κ3) is 4.59. The van der Waals surface area contributed by atoms with Crippen LogP contribution in [0.2, 0.25) is 0 Å². The Labute approximate surface area is 83.1 Å². The summed E-state index contributed by atoms with van der Waals surface area (Å²) >= 11 is 0. The van der Waals surface area contributed by atoms with E-state index in [2.05, 4.69) is 0 Å². The zero-order chi connectivity index (χ0) is 5.33. The minimum atomic E-state index is -0.556. The van der Waals surface area contributed by atoms with Gasteiger partial charge in [-0.2, -0.15) is 0 Å². The second-order valence-corrected chi connectivity index (χ2v) is 2.66. The van der Waals surface area contributed by atoms with Crippen LogP contribution in [0.25, 0.3) is 0 Å². The Morgan fingerprint density at radius 3 is 1.67 bits per heavy atom. The standard InChI is InChI=1S/C6H11O.BrH.Mg/c1-6(7)4-2-3-5-6;;/h2-5H2,1H3;1H;/q-1;;+2/p-1. The molecule has 1 aliphatic carbocycles. The van der Waals surface area contributed by atoms with Gasteiger partial charge in [0, 0.05) is 0 Å². The summed E-state index contributed by atoms with van der Waals surface area (Å²) < 4.78 is 0. The van der Waals surface area contributed by atoms with Crippen molar-refractivity contribution in [1.82, 2.24) is 0 Å². The van der Waals surface area contributed by atoms with Crippen LogP contribution in [0.3, 0.4) is 0 Å². The molecular formula is C6H11BrMgO. The monoisotopic (exact) mass is 202 g/mol. The largest absolute Gasteiger partial charge is 2.00 e. The minimum Gasteiger partial charge on any atom is -1.00 e. The van der Waals surface area contributed by atoms with Gasteiger partial charge in [0.25, 0.3) is 0 Å². The molecule has 1 saturated carbocycles. The van der Waals surface area contributed by atoms with Crippen molar-refractivity contribution in [3.63, 3.8) is 0 Å². The van der Waals surface area contributed by atoms with E-state index < -0.39 is 5.60 Å². The van der Waals surface area contributed by atoms with Gasteiger partial charge in [-0.3, -0.25) is 0 Å². The fourth-order valence-corrected chi connectivity index (χ4v) is 1.12. The van der Waals surface area contributed by atoms with Gasteiger partial charge in [-0.05, 0) is 0 Å². The molecule has 0 spiro atoms. The Bertz CT molecular complexity index is 67.5. The van der Waals surface area contributed by atoms with E-state index in [9.17, 15) is 5.11 Å². The first kappa shape index (κ1) is 12.8. The molecule has 0 bridgehead atoms. The minimum absolute atomic E-state index is 0. The molecule has 0 radical (unpaired) electrons. The molecule has 0 heterocycles. The quantitative estimate of drug-likeness (QED) is 0.393. The van der Waals surface area contributed by atoms with Crippen molar-refractivity contribution >= 4 is 23.1 Å². The number of hydrogen-bond donors (Lipinski definition) is 0. The SMILES string of the molecule is CC1([O-])CCCC1.[Br-].[Mg+2]. The molecule has 0 amide bonds. The van der Waals surface area contributed by atoms with Gasteiger partial charge in [0.2, 0.25) is 0 Å². The number of rotatable bonds is 0. The van der Waals surface area contributed by atoms with E-state index in [0.29, 0.717) is 0 Å². The zero-order valence-electron chi connectivity index (χ0n) is 5.82. The van der Waals surface area contributed by atoms with Gasteiger partial charge in [0.05, 0.1) is 0 Å². The van der Waals surface area contributed by atoms with E-state index in [4.69, 9.17) is 0 Å². The van der Waals surface area contributed by atoms with Gasteiger partial charge in [0.15, 0.2) is 0 Å². The first-order valence-corrected chi connectivity index (χ1v) is 2.91. The van der Waals surface area contributed by atoms with Crippen molar-refractivity contribution in [3.8, 4) is 0 Å². The van der Waals surface area contributed by atoms with Gasteiger partial charge >= 0.3 is 23.1 Å².